The van der Waals surface area contributed by atoms with Crippen LogP contribution in [0.2, 0.25) is 0 Å². The zero-order chi connectivity index (χ0) is 15.4. The van der Waals surface area contributed by atoms with Gasteiger partial charge in [0.15, 0.2) is 0 Å². The van der Waals surface area contributed by atoms with Crippen molar-refractivity contribution in [3.05, 3.63) is 34.4 Å². The standard InChI is InChI=1S/C18H30N2O/c1-13-9-14(2)18(15(3)10-13)17(11-19)20(4)12-16-5-7-21-8-6-16/h9-10,16-17H,5-8,11-12,19H2,1-4H3. The number of nitrogens with zero attached hydrogens (tertiary/aromatic N) is 1. The maximum atomic E-state index is 6.12. The molecule has 0 bridgehead atoms. The van der Waals surface area contributed by atoms with Gasteiger partial charge in [-0.2, -0.15) is 0 Å². The number of hydrogen-bond donors (Lipinski definition) is 1. The fraction of sp³-hybridized carbons (Fsp3) is 0.667. The van der Waals surface area contributed by atoms with Crippen molar-refractivity contribution < 1.29 is 4.74 Å². The molecule has 1 aromatic rings. The maximum absolute atomic E-state index is 6.12. The van der Waals surface area contributed by atoms with E-state index in [4.69, 9.17) is 10.5 Å². The molecule has 1 heterocycles. The number of rotatable bonds is 5. The molecule has 2 rings (SSSR count). The van der Waals surface area contributed by atoms with Gasteiger partial charge in [0, 0.05) is 32.3 Å². The molecule has 0 saturated carbocycles. The number of hydrogen-bond acceptors (Lipinski definition) is 3. The van der Waals surface area contributed by atoms with Crippen molar-refractivity contribution in [1.29, 1.82) is 0 Å². The first-order chi connectivity index (χ1) is 10.0. The second-order valence-corrected chi connectivity index (χ2v) is 6.56. The van der Waals surface area contributed by atoms with E-state index in [-0.39, 0.29) is 0 Å². The van der Waals surface area contributed by atoms with Crippen LogP contribution in [0.5, 0.6) is 0 Å². The Hall–Kier alpha value is -0.900. The first kappa shape index (κ1) is 16.5. The van der Waals surface area contributed by atoms with Crippen molar-refractivity contribution in [3.63, 3.8) is 0 Å². The van der Waals surface area contributed by atoms with Gasteiger partial charge in [0.05, 0.1) is 0 Å². The molecule has 1 saturated heterocycles. The van der Waals surface area contributed by atoms with Crippen molar-refractivity contribution in [2.75, 3.05) is 33.4 Å². The third kappa shape index (κ3) is 4.06. The Morgan fingerprint density at radius 3 is 2.29 bits per heavy atom. The van der Waals surface area contributed by atoms with Gasteiger partial charge in [-0.25, -0.2) is 0 Å². The summed E-state index contributed by atoms with van der Waals surface area (Å²) in [5.74, 6) is 0.740. The third-order valence-electron chi connectivity index (χ3n) is 4.71. The van der Waals surface area contributed by atoms with Gasteiger partial charge < -0.3 is 10.5 Å². The first-order valence-corrected chi connectivity index (χ1v) is 8.08. The lowest BCUT2D eigenvalue weighted by Gasteiger charge is -2.34. The SMILES string of the molecule is Cc1cc(C)c(C(CN)N(C)CC2CCOCC2)c(C)c1. The number of likely N-dealkylation sites (N-methyl/N-ethyl adjacent to an activating group) is 1. The molecule has 118 valence electrons. The average molecular weight is 290 g/mol. The minimum absolute atomic E-state index is 0.313. The van der Waals surface area contributed by atoms with Crippen molar-refractivity contribution in [2.24, 2.45) is 11.7 Å². The van der Waals surface area contributed by atoms with Crippen molar-refractivity contribution in [3.8, 4) is 0 Å². The van der Waals surface area contributed by atoms with Crippen LogP contribution in [-0.2, 0) is 4.74 Å². The molecule has 0 radical (unpaired) electrons. The molecular formula is C18H30N2O. The van der Waals surface area contributed by atoms with E-state index in [1.807, 2.05) is 0 Å². The first-order valence-electron chi connectivity index (χ1n) is 8.08. The molecule has 0 aromatic heterocycles. The van der Waals surface area contributed by atoms with E-state index in [0.29, 0.717) is 12.6 Å². The van der Waals surface area contributed by atoms with Crippen molar-refractivity contribution in [1.82, 2.24) is 4.90 Å². The predicted octanol–water partition coefficient (Wildman–Crippen LogP) is 2.97. The van der Waals surface area contributed by atoms with E-state index in [9.17, 15) is 0 Å². The van der Waals surface area contributed by atoms with Crippen molar-refractivity contribution in [2.45, 2.75) is 39.7 Å². The molecule has 2 N–H and O–H groups in total. The molecule has 21 heavy (non-hydrogen) atoms. The normalized spacial score (nSPS) is 18.2. The lowest BCUT2D eigenvalue weighted by Crippen LogP contribution is -2.36. The maximum Gasteiger partial charge on any atom is 0.0472 e. The number of nitrogens with two attached hydrogens (primary N) is 1. The van der Waals surface area contributed by atoms with E-state index < -0.39 is 0 Å². The summed E-state index contributed by atoms with van der Waals surface area (Å²) in [4.78, 5) is 2.45. The number of aryl methyl sites for hydroxylation is 3. The summed E-state index contributed by atoms with van der Waals surface area (Å²) in [6.07, 6.45) is 2.35. The van der Waals surface area contributed by atoms with E-state index >= 15 is 0 Å². The third-order valence-corrected chi connectivity index (χ3v) is 4.71. The van der Waals surface area contributed by atoms with Gasteiger partial charge in [-0.05, 0) is 63.3 Å². The molecule has 1 unspecified atom stereocenters. The average Bonchev–Trinajstić information content (AvgIpc) is 2.43. The van der Waals surface area contributed by atoms with Gasteiger partial charge in [-0.15, -0.1) is 0 Å². The van der Waals surface area contributed by atoms with Crippen LogP contribution in [0, 0.1) is 26.7 Å². The van der Waals surface area contributed by atoms with Crippen LogP contribution < -0.4 is 5.73 Å². The summed E-state index contributed by atoms with van der Waals surface area (Å²) >= 11 is 0. The Morgan fingerprint density at radius 2 is 1.76 bits per heavy atom. The van der Waals surface area contributed by atoms with Crippen LogP contribution in [0.15, 0.2) is 12.1 Å². The lowest BCUT2D eigenvalue weighted by atomic mass is 9.92. The molecule has 3 heteroatoms. The van der Waals surface area contributed by atoms with Gasteiger partial charge in [0.2, 0.25) is 0 Å². The number of ether oxygens (including phenoxy) is 1. The Balaban J connectivity index is 2.14. The Labute approximate surface area is 129 Å². The predicted molar refractivity (Wildman–Crippen MR) is 88.6 cm³/mol. The van der Waals surface area contributed by atoms with Crippen molar-refractivity contribution >= 4 is 0 Å². The summed E-state index contributed by atoms with van der Waals surface area (Å²) in [7, 11) is 2.21. The molecule has 1 atom stereocenters. The fourth-order valence-electron chi connectivity index (χ4n) is 3.70. The smallest absolute Gasteiger partial charge is 0.0472 e. The molecule has 0 amide bonds. The Kier molecular flexibility index (Phi) is 5.80. The lowest BCUT2D eigenvalue weighted by molar-refractivity contribution is 0.0506. The second-order valence-electron chi connectivity index (χ2n) is 6.56. The topological polar surface area (TPSA) is 38.5 Å². The monoisotopic (exact) mass is 290 g/mol. The van der Waals surface area contributed by atoms with E-state index in [0.717, 1.165) is 25.7 Å². The van der Waals surface area contributed by atoms with E-state index in [2.05, 4.69) is 44.9 Å². The molecule has 3 nitrogen and oxygen atoms in total. The van der Waals surface area contributed by atoms with Crippen LogP contribution in [0.3, 0.4) is 0 Å². The molecule has 1 aromatic carbocycles. The molecule has 0 aliphatic carbocycles. The molecular weight excluding hydrogens is 260 g/mol. The highest BCUT2D eigenvalue weighted by molar-refractivity contribution is 5.39. The summed E-state index contributed by atoms with van der Waals surface area (Å²) in [6, 6.07) is 4.86. The van der Waals surface area contributed by atoms with E-state index in [1.165, 1.54) is 35.1 Å². The van der Waals surface area contributed by atoms with Gasteiger partial charge in [-0.1, -0.05) is 17.7 Å². The van der Waals surface area contributed by atoms with Gasteiger partial charge >= 0.3 is 0 Å². The minimum Gasteiger partial charge on any atom is -0.381 e. The van der Waals surface area contributed by atoms with Crippen LogP contribution in [0.4, 0.5) is 0 Å². The summed E-state index contributed by atoms with van der Waals surface area (Å²) < 4.78 is 5.46. The largest absolute Gasteiger partial charge is 0.381 e. The molecule has 1 aliphatic rings. The van der Waals surface area contributed by atoms with Gasteiger partial charge in [0.1, 0.15) is 0 Å². The highest BCUT2D eigenvalue weighted by Gasteiger charge is 2.23. The summed E-state index contributed by atoms with van der Waals surface area (Å²) in [5.41, 5.74) is 11.6. The van der Waals surface area contributed by atoms with E-state index in [1.54, 1.807) is 0 Å². The van der Waals surface area contributed by atoms with Gasteiger partial charge in [-0.3, -0.25) is 4.90 Å². The fourth-order valence-corrected chi connectivity index (χ4v) is 3.70. The Bertz CT molecular complexity index is 443. The summed E-state index contributed by atoms with van der Waals surface area (Å²) in [5, 5.41) is 0. The van der Waals surface area contributed by atoms with Gasteiger partial charge in [0.25, 0.3) is 0 Å². The minimum atomic E-state index is 0.313. The number of benzene rings is 1. The molecule has 1 fully saturated rings. The Morgan fingerprint density at radius 1 is 1.19 bits per heavy atom. The van der Waals surface area contributed by atoms with Crippen LogP contribution in [0.1, 0.15) is 41.1 Å². The highest BCUT2D eigenvalue weighted by atomic mass is 16.5. The van der Waals surface area contributed by atoms with Crippen LogP contribution in [0.25, 0.3) is 0 Å². The molecule has 0 spiro atoms. The zero-order valence-electron chi connectivity index (χ0n) is 14.0. The summed E-state index contributed by atoms with van der Waals surface area (Å²) in [6.45, 7) is 10.2. The second kappa shape index (κ2) is 7.39. The quantitative estimate of drug-likeness (QED) is 0.906. The van der Waals surface area contributed by atoms with Crippen LogP contribution >= 0.6 is 0 Å². The van der Waals surface area contributed by atoms with Crippen LogP contribution in [-0.4, -0.2) is 38.3 Å². The zero-order valence-corrected chi connectivity index (χ0v) is 14.0. The highest BCUT2D eigenvalue weighted by Crippen LogP contribution is 2.28. The molecule has 1 aliphatic heterocycles.